The van der Waals surface area contributed by atoms with Crippen molar-refractivity contribution < 1.29 is 4.39 Å². The molecule has 17 heavy (non-hydrogen) atoms. The van der Waals surface area contributed by atoms with E-state index in [0.717, 1.165) is 11.8 Å². The molecule has 90 valence electrons. The molecule has 4 nitrogen and oxygen atoms in total. The van der Waals surface area contributed by atoms with E-state index in [1.807, 2.05) is 0 Å². The van der Waals surface area contributed by atoms with Crippen LogP contribution >= 0.6 is 0 Å². The molecule has 0 radical (unpaired) electrons. The summed E-state index contributed by atoms with van der Waals surface area (Å²) in [6, 6.07) is 4.52. The van der Waals surface area contributed by atoms with E-state index in [1.165, 1.54) is 12.1 Å². The molecule has 0 bridgehead atoms. The Labute approximate surface area is 98.8 Å². The van der Waals surface area contributed by atoms with Gasteiger partial charge in [-0.3, -0.25) is 0 Å². The minimum absolute atomic E-state index is 0.357. The Hall–Kier alpha value is -1.88. The van der Waals surface area contributed by atoms with Crippen LogP contribution in [-0.4, -0.2) is 18.1 Å². The van der Waals surface area contributed by atoms with Crippen molar-refractivity contribution in [2.45, 2.75) is 6.42 Å². The third kappa shape index (κ3) is 2.45. The SMILES string of the molecule is NCCCNc1nccc2c(N)cc(F)cc12. The third-order valence-corrected chi connectivity index (χ3v) is 2.55. The van der Waals surface area contributed by atoms with E-state index < -0.39 is 0 Å². The molecular weight excluding hydrogens is 219 g/mol. The number of anilines is 2. The van der Waals surface area contributed by atoms with Gasteiger partial charge in [-0.1, -0.05) is 0 Å². The molecule has 1 heterocycles. The lowest BCUT2D eigenvalue weighted by atomic mass is 10.1. The van der Waals surface area contributed by atoms with Crippen molar-refractivity contribution in [2.75, 3.05) is 24.1 Å². The van der Waals surface area contributed by atoms with Crippen LogP contribution in [0.4, 0.5) is 15.9 Å². The van der Waals surface area contributed by atoms with Gasteiger partial charge >= 0.3 is 0 Å². The summed E-state index contributed by atoms with van der Waals surface area (Å²) in [6.45, 7) is 1.31. The lowest BCUT2D eigenvalue weighted by Gasteiger charge is -2.09. The fraction of sp³-hybridized carbons (Fsp3) is 0.250. The number of nitrogens with zero attached hydrogens (tertiary/aromatic N) is 1. The van der Waals surface area contributed by atoms with E-state index in [-0.39, 0.29) is 5.82 Å². The average molecular weight is 234 g/mol. The fourth-order valence-corrected chi connectivity index (χ4v) is 1.73. The van der Waals surface area contributed by atoms with Gasteiger partial charge in [0.15, 0.2) is 0 Å². The van der Waals surface area contributed by atoms with Gasteiger partial charge in [-0.15, -0.1) is 0 Å². The molecule has 1 aromatic heterocycles. The maximum Gasteiger partial charge on any atom is 0.133 e. The van der Waals surface area contributed by atoms with Crippen LogP contribution in [-0.2, 0) is 0 Å². The molecule has 0 aliphatic carbocycles. The number of hydrogen-bond donors (Lipinski definition) is 3. The highest BCUT2D eigenvalue weighted by Gasteiger charge is 2.06. The van der Waals surface area contributed by atoms with Crippen LogP contribution in [0, 0.1) is 5.82 Å². The summed E-state index contributed by atoms with van der Waals surface area (Å²) in [7, 11) is 0. The van der Waals surface area contributed by atoms with Gasteiger partial charge in [0, 0.05) is 29.2 Å². The van der Waals surface area contributed by atoms with Gasteiger partial charge in [0.2, 0.25) is 0 Å². The minimum atomic E-state index is -0.357. The smallest absolute Gasteiger partial charge is 0.133 e. The topological polar surface area (TPSA) is 77.0 Å². The van der Waals surface area contributed by atoms with Crippen LogP contribution < -0.4 is 16.8 Å². The number of aromatic nitrogens is 1. The van der Waals surface area contributed by atoms with Gasteiger partial charge in [-0.05, 0) is 31.2 Å². The molecule has 0 saturated carbocycles. The molecule has 0 saturated heterocycles. The molecule has 0 atom stereocenters. The first-order valence-corrected chi connectivity index (χ1v) is 5.50. The first kappa shape index (κ1) is 11.6. The van der Waals surface area contributed by atoms with Crippen molar-refractivity contribution >= 4 is 22.3 Å². The highest BCUT2D eigenvalue weighted by Crippen LogP contribution is 2.27. The van der Waals surface area contributed by atoms with Gasteiger partial charge in [-0.2, -0.15) is 0 Å². The zero-order valence-corrected chi connectivity index (χ0v) is 9.41. The number of nitrogens with two attached hydrogens (primary N) is 2. The highest BCUT2D eigenvalue weighted by atomic mass is 19.1. The Kier molecular flexibility index (Phi) is 3.39. The number of nitrogens with one attached hydrogen (secondary N) is 1. The Morgan fingerprint density at radius 3 is 2.88 bits per heavy atom. The van der Waals surface area contributed by atoms with Crippen LogP contribution in [0.2, 0.25) is 0 Å². The van der Waals surface area contributed by atoms with E-state index in [1.54, 1.807) is 12.3 Å². The molecule has 0 aliphatic heterocycles. The molecule has 1 aromatic carbocycles. The summed E-state index contributed by atoms with van der Waals surface area (Å²) < 4.78 is 13.3. The Balaban J connectivity index is 2.42. The van der Waals surface area contributed by atoms with Crippen LogP contribution in [0.3, 0.4) is 0 Å². The van der Waals surface area contributed by atoms with Crippen molar-refractivity contribution in [1.29, 1.82) is 0 Å². The molecule has 2 rings (SSSR count). The normalized spacial score (nSPS) is 10.7. The van der Waals surface area contributed by atoms with E-state index >= 15 is 0 Å². The largest absolute Gasteiger partial charge is 0.398 e. The lowest BCUT2D eigenvalue weighted by Crippen LogP contribution is -2.09. The minimum Gasteiger partial charge on any atom is -0.398 e. The van der Waals surface area contributed by atoms with Crippen LogP contribution in [0.15, 0.2) is 24.4 Å². The summed E-state index contributed by atoms with van der Waals surface area (Å²) in [5, 5.41) is 4.63. The predicted octanol–water partition coefficient (Wildman–Crippen LogP) is 1.72. The molecule has 0 aliphatic rings. The number of nitrogen functional groups attached to an aromatic ring is 1. The molecule has 0 spiro atoms. The highest BCUT2D eigenvalue weighted by molar-refractivity contribution is 5.99. The summed E-state index contributed by atoms with van der Waals surface area (Å²) in [6.07, 6.45) is 2.49. The van der Waals surface area contributed by atoms with Gasteiger partial charge in [0.1, 0.15) is 11.6 Å². The number of pyridine rings is 1. The van der Waals surface area contributed by atoms with Gasteiger partial charge in [0.05, 0.1) is 0 Å². The number of rotatable bonds is 4. The molecule has 0 amide bonds. The standard InChI is InChI=1S/C12H15FN4/c13-8-6-10-9(11(15)7-8)2-5-17-12(10)16-4-1-3-14/h2,5-7H,1,3-4,14-15H2,(H,16,17). The molecule has 5 N–H and O–H groups in total. The van der Waals surface area contributed by atoms with Gasteiger partial charge in [-0.25, -0.2) is 9.37 Å². The molecule has 2 aromatic rings. The zero-order valence-electron chi connectivity index (χ0n) is 9.41. The van der Waals surface area contributed by atoms with Crippen molar-refractivity contribution in [3.63, 3.8) is 0 Å². The maximum absolute atomic E-state index is 13.3. The van der Waals surface area contributed by atoms with Crippen LogP contribution in [0.25, 0.3) is 10.8 Å². The summed E-state index contributed by atoms with van der Waals surface area (Å²) in [5.41, 5.74) is 11.6. The fourth-order valence-electron chi connectivity index (χ4n) is 1.73. The third-order valence-electron chi connectivity index (χ3n) is 2.55. The second-order valence-corrected chi connectivity index (χ2v) is 3.82. The quantitative estimate of drug-likeness (QED) is 0.556. The summed E-state index contributed by atoms with van der Waals surface area (Å²) >= 11 is 0. The molecule has 5 heteroatoms. The maximum atomic E-state index is 13.3. The number of hydrogen-bond acceptors (Lipinski definition) is 4. The van der Waals surface area contributed by atoms with Crippen molar-refractivity contribution in [3.05, 3.63) is 30.2 Å². The number of fused-ring (bicyclic) bond motifs is 1. The second-order valence-electron chi connectivity index (χ2n) is 3.82. The molecular formula is C12H15FN4. The summed E-state index contributed by atoms with van der Waals surface area (Å²) in [5.74, 6) is 0.284. The second kappa shape index (κ2) is 4.97. The van der Waals surface area contributed by atoms with Crippen molar-refractivity contribution in [2.24, 2.45) is 5.73 Å². The monoisotopic (exact) mass is 234 g/mol. The van der Waals surface area contributed by atoms with E-state index in [2.05, 4.69) is 10.3 Å². The lowest BCUT2D eigenvalue weighted by molar-refractivity contribution is 0.630. The van der Waals surface area contributed by atoms with Gasteiger partial charge in [0.25, 0.3) is 0 Å². The zero-order chi connectivity index (χ0) is 12.3. The first-order valence-electron chi connectivity index (χ1n) is 5.50. The van der Waals surface area contributed by atoms with Crippen molar-refractivity contribution in [3.8, 4) is 0 Å². The average Bonchev–Trinajstić information content (AvgIpc) is 2.30. The number of halogens is 1. The Morgan fingerprint density at radius 2 is 2.12 bits per heavy atom. The van der Waals surface area contributed by atoms with E-state index in [4.69, 9.17) is 11.5 Å². The Bertz CT molecular complexity index is 527. The van der Waals surface area contributed by atoms with Gasteiger partial charge < -0.3 is 16.8 Å². The van der Waals surface area contributed by atoms with E-state index in [9.17, 15) is 4.39 Å². The predicted molar refractivity (Wildman–Crippen MR) is 68.3 cm³/mol. The first-order chi connectivity index (χ1) is 8.22. The molecule has 0 fully saturated rings. The Morgan fingerprint density at radius 1 is 1.29 bits per heavy atom. The van der Waals surface area contributed by atoms with Crippen molar-refractivity contribution in [1.82, 2.24) is 4.98 Å². The van der Waals surface area contributed by atoms with E-state index in [0.29, 0.717) is 30.0 Å². The van der Waals surface area contributed by atoms with Crippen LogP contribution in [0.1, 0.15) is 6.42 Å². The number of benzene rings is 1. The summed E-state index contributed by atoms with van der Waals surface area (Å²) in [4.78, 5) is 4.19. The van der Waals surface area contributed by atoms with Crippen LogP contribution in [0.5, 0.6) is 0 Å². The molecule has 0 unspecified atom stereocenters.